The van der Waals surface area contributed by atoms with Gasteiger partial charge in [0.1, 0.15) is 0 Å². The maximum Gasteiger partial charge on any atom is 0.319 e. The van der Waals surface area contributed by atoms with E-state index < -0.39 is 17.9 Å². The SMILES string of the molecule is CC(C)CC(CNC(=O)Nc1cccc(Cl)c1)C(=O)O. The molecule has 0 aromatic heterocycles. The van der Waals surface area contributed by atoms with Crippen molar-refractivity contribution in [2.24, 2.45) is 11.8 Å². The average Bonchev–Trinajstić information content (AvgIpc) is 2.33. The minimum absolute atomic E-state index is 0.0971. The molecule has 0 aliphatic rings. The number of carboxylic acid groups (broad SMARTS) is 1. The van der Waals surface area contributed by atoms with Gasteiger partial charge >= 0.3 is 12.0 Å². The van der Waals surface area contributed by atoms with Gasteiger partial charge in [-0.2, -0.15) is 0 Å². The maximum absolute atomic E-state index is 11.7. The summed E-state index contributed by atoms with van der Waals surface area (Å²) in [6.45, 7) is 3.99. The maximum atomic E-state index is 11.7. The van der Waals surface area contributed by atoms with Crippen molar-refractivity contribution in [2.45, 2.75) is 20.3 Å². The number of hydrogen-bond acceptors (Lipinski definition) is 2. The largest absolute Gasteiger partial charge is 0.481 e. The van der Waals surface area contributed by atoms with Crippen LogP contribution in [0.15, 0.2) is 24.3 Å². The Morgan fingerprint density at radius 1 is 1.35 bits per heavy atom. The van der Waals surface area contributed by atoms with Crippen molar-refractivity contribution in [3.63, 3.8) is 0 Å². The Morgan fingerprint density at radius 2 is 2.05 bits per heavy atom. The van der Waals surface area contributed by atoms with Gasteiger partial charge in [0.25, 0.3) is 0 Å². The quantitative estimate of drug-likeness (QED) is 0.754. The summed E-state index contributed by atoms with van der Waals surface area (Å²) in [6, 6.07) is 6.30. The van der Waals surface area contributed by atoms with Gasteiger partial charge in [-0.05, 0) is 30.5 Å². The van der Waals surface area contributed by atoms with Gasteiger partial charge < -0.3 is 15.7 Å². The van der Waals surface area contributed by atoms with Crippen LogP contribution in [-0.4, -0.2) is 23.7 Å². The summed E-state index contributed by atoms with van der Waals surface area (Å²) in [6.07, 6.45) is 0.521. The van der Waals surface area contributed by atoms with Crippen LogP contribution in [0.1, 0.15) is 20.3 Å². The third kappa shape index (κ3) is 5.93. The van der Waals surface area contributed by atoms with E-state index in [1.807, 2.05) is 13.8 Å². The smallest absolute Gasteiger partial charge is 0.319 e. The number of carboxylic acids is 1. The van der Waals surface area contributed by atoms with E-state index in [-0.39, 0.29) is 12.5 Å². The van der Waals surface area contributed by atoms with Crippen molar-refractivity contribution < 1.29 is 14.7 Å². The molecule has 0 spiro atoms. The van der Waals surface area contributed by atoms with Crippen LogP contribution in [0.4, 0.5) is 10.5 Å². The molecule has 0 aliphatic carbocycles. The molecule has 0 aliphatic heterocycles. The highest BCUT2D eigenvalue weighted by atomic mass is 35.5. The molecular formula is C14H19ClN2O3. The Bertz CT molecular complexity index is 477. The zero-order chi connectivity index (χ0) is 15.1. The summed E-state index contributed by atoms with van der Waals surface area (Å²) in [7, 11) is 0. The summed E-state index contributed by atoms with van der Waals surface area (Å²) >= 11 is 5.81. The van der Waals surface area contributed by atoms with Crippen molar-refractivity contribution in [2.75, 3.05) is 11.9 Å². The first-order chi connectivity index (χ1) is 9.38. The van der Waals surface area contributed by atoms with Gasteiger partial charge in [0.05, 0.1) is 5.92 Å². The first kappa shape index (κ1) is 16.3. The topological polar surface area (TPSA) is 78.4 Å². The molecule has 0 bridgehead atoms. The van der Waals surface area contributed by atoms with Crippen LogP contribution in [0, 0.1) is 11.8 Å². The highest BCUT2D eigenvalue weighted by Crippen LogP contribution is 2.15. The predicted octanol–water partition coefficient (Wildman–Crippen LogP) is 3.21. The molecule has 20 heavy (non-hydrogen) atoms. The third-order valence-electron chi connectivity index (χ3n) is 2.70. The van der Waals surface area contributed by atoms with Crippen molar-refractivity contribution >= 4 is 29.3 Å². The fourth-order valence-electron chi connectivity index (χ4n) is 1.80. The van der Waals surface area contributed by atoms with Crippen LogP contribution >= 0.6 is 11.6 Å². The Kier molecular flexibility index (Phi) is 6.31. The molecular weight excluding hydrogens is 280 g/mol. The standard InChI is InChI=1S/C14H19ClN2O3/c1-9(2)6-10(13(18)19)8-16-14(20)17-12-5-3-4-11(15)7-12/h3-5,7,9-10H,6,8H2,1-2H3,(H,18,19)(H2,16,17,20). The summed E-state index contributed by atoms with van der Waals surface area (Å²) in [5, 5.41) is 14.8. The van der Waals surface area contributed by atoms with Crippen molar-refractivity contribution in [3.05, 3.63) is 29.3 Å². The van der Waals surface area contributed by atoms with E-state index >= 15 is 0 Å². The predicted molar refractivity (Wildman–Crippen MR) is 79.1 cm³/mol. The summed E-state index contributed by atoms with van der Waals surface area (Å²) in [4.78, 5) is 22.7. The lowest BCUT2D eigenvalue weighted by Gasteiger charge is -2.15. The normalized spacial score (nSPS) is 12.0. The van der Waals surface area contributed by atoms with Gasteiger partial charge in [0.15, 0.2) is 0 Å². The molecule has 0 fully saturated rings. The monoisotopic (exact) mass is 298 g/mol. The summed E-state index contributed by atoms with van der Waals surface area (Å²) in [5.74, 6) is -1.23. The number of halogens is 1. The lowest BCUT2D eigenvalue weighted by Crippen LogP contribution is -2.36. The molecule has 1 aromatic carbocycles. The number of benzene rings is 1. The van der Waals surface area contributed by atoms with E-state index in [9.17, 15) is 9.59 Å². The molecule has 1 rings (SSSR count). The second kappa shape index (κ2) is 7.75. The van der Waals surface area contributed by atoms with E-state index in [1.54, 1.807) is 24.3 Å². The van der Waals surface area contributed by atoms with Crippen LogP contribution in [-0.2, 0) is 4.79 Å². The second-order valence-electron chi connectivity index (χ2n) is 5.01. The van der Waals surface area contributed by atoms with Gasteiger partial charge in [-0.25, -0.2) is 4.79 Å². The molecule has 1 unspecified atom stereocenters. The number of anilines is 1. The number of carbonyl (C=O) groups excluding carboxylic acids is 1. The van der Waals surface area contributed by atoms with E-state index in [1.165, 1.54) is 0 Å². The van der Waals surface area contributed by atoms with E-state index in [0.717, 1.165) is 0 Å². The average molecular weight is 299 g/mol. The Balaban J connectivity index is 2.47. The van der Waals surface area contributed by atoms with Crippen LogP contribution in [0.5, 0.6) is 0 Å². The van der Waals surface area contributed by atoms with Gasteiger partial charge in [-0.15, -0.1) is 0 Å². The molecule has 2 amide bonds. The van der Waals surface area contributed by atoms with Crippen molar-refractivity contribution in [1.29, 1.82) is 0 Å². The van der Waals surface area contributed by atoms with Gasteiger partial charge in [0, 0.05) is 17.3 Å². The second-order valence-corrected chi connectivity index (χ2v) is 5.45. The molecule has 1 atom stereocenters. The van der Waals surface area contributed by atoms with Gasteiger partial charge in [-0.3, -0.25) is 4.79 Å². The lowest BCUT2D eigenvalue weighted by atomic mass is 9.97. The first-order valence-corrected chi connectivity index (χ1v) is 6.79. The van der Waals surface area contributed by atoms with E-state index in [0.29, 0.717) is 17.1 Å². The van der Waals surface area contributed by atoms with Crippen LogP contribution in [0.25, 0.3) is 0 Å². The zero-order valence-corrected chi connectivity index (χ0v) is 12.3. The minimum Gasteiger partial charge on any atom is -0.481 e. The fourth-order valence-corrected chi connectivity index (χ4v) is 1.99. The van der Waals surface area contributed by atoms with Crippen LogP contribution in [0.2, 0.25) is 5.02 Å². The molecule has 110 valence electrons. The lowest BCUT2D eigenvalue weighted by molar-refractivity contribution is -0.142. The van der Waals surface area contributed by atoms with Crippen molar-refractivity contribution in [1.82, 2.24) is 5.32 Å². The Morgan fingerprint density at radius 3 is 2.60 bits per heavy atom. The minimum atomic E-state index is -0.901. The number of aliphatic carboxylic acids is 1. The van der Waals surface area contributed by atoms with Crippen LogP contribution in [0.3, 0.4) is 0 Å². The summed E-state index contributed by atoms with van der Waals surface area (Å²) in [5.41, 5.74) is 0.561. The van der Waals surface area contributed by atoms with Crippen LogP contribution < -0.4 is 10.6 Å². The van der Waals surface area contributed by atoms with Crippen molar-refractivity contribution in [3.8, 4) is 0 Å². The number of nitrogens with one attached hydrogen (secondary N) is 2. The highest BCUT2D eigenvalue weighted by molar-refractivity contribution is 6.30. The fraction of sp³-hybridized carbons (Fsp3) is 0.429. The number of hydrogen-bond donors (Lipinski definition) is 3. The molecule has 3 N–H and O–H groups in total. The molecule has 5 nitrogen and oxygen atoms in total. The first-order valence-electron chi connectivity index (χ1n) is 6.41. The highest BCUT2D eigenvalue weighted by Gasteiger charge is 2.19. The number of amides is 2. The molecule has 6 heteroatoms. The van der Waals surface area contributed by atoms with Gasteiger partial charge in [0.2, 0.25) is 0 Å². The van der Waals surface area contributed by atoms with E-state index in [4.69, 9.17) is 16.7 Å². The molecule has 1 aromatic rings. The molecule has 0 saturated carbocycles. The molecule has 0 heterocycles. The molecule has 0 radical (unpaired) electrons. The third-order valence-corrected chi connectivity index (χ3v) is 2.93. The number of rotatable bonds is 6. The van der Waals surface area contributed by atoms with E-state index in [2.05, 4.69) is 10.6 Å². The molecule has 0 saturated heterocycles. The zero-order valence-electron chi connectivity index (χ0n) is 11.5. The number of urea groups is 1. The van der Waals surface area contributed by atoms with Gasteiger partial charge in [-0.1, -0.05) is 31.5 Å². The summed E-state index contributed by atoms with van der Waals surface area (Å²) < 4.78 is 0. The Hall–Kier alpha value is -1.75. The Labute approximate surface area is 123 Å². The number of carbonyl (C=O) groups is 2.